The lowest BCUT2D eigenvalue weighted by atomic mass is 9.91. The number of alkyl carbamates (subject to hydrolysis) is 2. The fourth-order valence-electron chi connectivity index (χ4n) is 12.5. The molecular formula is C65H88Cl2N8O14. The van der Waals surface area contributed by atoms with Crippen molar-refractivity contribution < 1.29 is 67.3 Å². The van der Waals surface area contributed by atoms with E-state index in [1.54, 1.807) is 71.9 Å². The van der Waals surface area contributed by atoms with Gasteiger partial charge in [-0.25, -0.2) is 19.2 Å². The van der Waals surface area contributed by atoms with Gasteiger partial charge in [-0.2, -0.15) is 0 Å². The van der Waals surface area contributed by atoms with Gasteiger partial charge in [-0.05, 0) is 117 Å². The zero-order chi connectivity index (χ0) is 62.7. The standard InChI is InChI=1S/C32H41ClN4O7.C31H39ClN4O7.2CH4/c1-30(2,3)43-29(41)34-23-14-9-7-5-6-8-12-21-16-32(21,28(40)42-4)35-26(38)25-18-31(19-37(25)27(23)39)17-24(36-44-31)20-11-10-13-22(33)15-20;1-29(2,3)42-28(41)33-22-13-8-6-4-5-7-11-20-15-31(20,27(39)40)34-25(37)24-17-30(18-36(24)26(22)38)16-23(35-43-30)19-10-9-12-21(32)14-19;;/h8,10-13,15,21,23,25H,5-7,9,14,16-19H2,1-4H3,(H,34,41)(H,35,38);7,9-12,14,20,22,24H,4-6,8,13,15-18H2,1-3H3,(H,33,41)(H,34,37)(H,39,40);2*1H4/b12-8-;11-7-;;/t21-,23+,25+,31-,32-;20-,22+,24+,30-,31-;;/m11../s1. The normalized spacial score (nSPS) is 30.9. The number of hydrogen-bond donors (Lipinski definition) is 5. The Kier molecular flexibility index (Phi) is 21.7. The number of methoxy groups -OCH3 is 1. The molecule has 8 aliphatic rings. The highest BCUT2D eigenvalue weighted by atomic mass is 35.5. The lowest BCUT2D eigenvalue weighted by molar-refractivity contribution is -0.148. The van der Waals surface area contributed by atoms with Crippen LogP contribution in [0.2, 0.25) is 10.0 Å². The van der Waals surface area contributed by atoms with Crippen molar-refractivity contribution in [2.45, 2.75) is 217 Å². The van der Waals surface area contributed by atoms with Gasteiger partial charge in [-0.3, -0.25) is 19.2 Å². The van der Waals surface area contributed by atoms with Crippen molar-refractivity contribution in [3.8, 4) is 0 Å². The third-order valence-electron chi connectivity index (χ3n) is 17.1. The molecule has 6 aliphatic heterocycles. The number of rotatable bonds is 6. The zero-order valence-electron chi connectivity index (χ0n) is 50.4. The average Bonchev–Trinajstić information content (AvgIpc) is 1.68. The molecule has 0 aromatic heterocycles. The maximum absolute atomic E-state index is 14.3. The van der Waals surface area contributed by atoms with Crippen LogP contribution in [0.4, 0.5) is 9.59 Å². The van der Waals surface area contributed by atoms with E-state index in [1.165, 1.54) is 16.9 Å². The molecule has 89 heavy (non-hydrogen) atoms. The summed E-state index contributed by atoms with van der Waals surface area (Å²) < 4.78 is 16.0. The highest BCUT2D eigenvalue weighted by molar-refractivity contribution is 6.31. The number of carbonyl (C=O) groups excluding carboxylic acids is 7. The molecule has 0 radical (unpaired) electrons. The summed E-state index contributed by atoms with van der Waals surface area (Å²) in [4.78, 5) is 122. The molecule has 2 spiro atoms. The number of carbonyl (C=O) groups is 8. The van der Waals surface area contributed by atoms with Crippen molar-refractivity contribution in [2.24, 2.45) is 22.1 Å². The molecule has 24 heteroatoms. The van der Waals surface area contributed by atoms with E-state index in [9.17, 15) is 43.5 Å². The SMILES string of the molecule is C.C.CC(C)(C)OC(=O)N[C@H]1CCCCC/C=C\[C@@H]2C[C@@]2(C(=O)O)NC(=O)[C@@H]2C[C@]3(CC(c4cccc(Cl)c4)=NO3)CN2C1=O.COC(=O)[C@@]12C[C@H]1/C=C\CCCCC[C@H](NC(=O)OC(C)(C)C)C(=O)N1C[C@@]3(CC(c4cccc(Cl)c4)=NO3)C[C@H]1C(=O)N2. The van der Waals surface area contributed by atoms with E-state index < -0.39 is 105 Å². The van der Waals surface area contributed by atoms with Gasteiger partial charge in [-0.1, -0.05) is 123 Å². The van der Waals surface area contributed by atoms with Gasteiger partial charge in [0, 0.05) is 58.7 Å². The van der Waals surface area contributed by atoms with Gasteiger partial charge < -0.3 is 60.1 Å². The number of carboxylic acid groups (broad SMARTS) is 1. The van der Waals surface area contributed by atoms with Gasteiger partial charge in [0.1, 0.15) is 46.4 Å². The summed E-state index contributed by atoms with van der Waals surface area (Å²) in [6.07, 6.45) is 15.0. The molecule has 486 valence electrons. The minimum atomic E-state index is -1.43. The second kappa shape index (κ2) is 27.9. The summed E-state index contributed by atoms with van der Waals surface area (Å²) in [5.41, 5.74) is -3.27. The molecule has 6 heterocycles. The fourth-order valence-corrected chi connectivity index (χ4v) is 12.9. The summed E-state index contributed by atoms with van der Waals surface area (Å²) in [7, 11) is 1.30. The van der Waals surface area contributed by atoms with Crippen LogP contribution in [-0.2, 0) is 52.7 Å². The van der Waals surface area contributed by atoms with E-state index in [-0.39, 0.29) is 59.0 Å². The van der Waals surface area contributed by atoms with E-state index in [2.05, 4.69) is 31.6 Å². The van der Waals surface area contributed by atoms with Crippen molar-refractivity contribution in [3.05, 3.63) is 94.0 Å². The Bertz CT molecular complexity index is 3140. The summed E-state index contributed by atoms with van der Waals surface area (Å²) in [6.45, 7) is 10.6. The Morgan fingerprint density at radius 3 is 1.45 bits per heavy atom. The largest absolute Gasteiger partial charge is 0.479 e. The minimum absolute atomic E-state index is 0. The molecule has 5 N–H and O–H groups in total. The second-order valence-corrected chi connectivity index (χ2v) is 27.1. The number of ether oxygens (including phenoxy) is 3. The quantitative estimate of drug-likeness (QED) is 0.102. The summed E-state index contributed by atoms with van der Waals surface area (Å²) in [6, 6.07) is 10.6. The number of fused-ring (bicyclic) bond motifs is 4. The average molecular weight is 1280 g/mol. The smallest absolute Gasteiger partial charge is 0.408 e. The molecule has 6 amide bonds. The van der Waals surface area contributed by atoms with Crippen molar-refractivity contribution >= 4 is 82.4 Å². The fraction of sp³-hybridized carbons (Fsp3) is 0.600. The summed E-state index contributed by atoms with van der Waals surface area (Å²) >= 11 is 12.4. The molecule has 2 saturated heterocycles. The van der Waals surface area contributed by atoms with Crippen LogP contribution in [0.15, 0.2) is 83.1 Å². The molecule has 22 nitrogen and oxygen atoms in total. The maximum Gasteiger partial charge on any atom is 0.408 e. The second-order valence-electron chi connectivity index (χ2n) is 26.2. The first-order valence-electron chi connectivity index (χ1n) is 30.1. The van der Waals surface area contributed by atoms with Gasteiger partial charge in [0.15, 0.2) is 11.2 Å². The first-order valence-corrected chi connectivity index (χ1v) is 30.8. The number of nitrogens with zero attached hydrogens (tertiary/aromatic N) is 4. The number of carboxylic acids is 1. The van der Waals surface area contributed by atoms with Crippen LogP contribution in [0, 0.1) is 11.8 Å². The van der Waals surface area contributed by atoms with Crippen LogP contribution in [0.1, 0.15) is 170 Å². The Hall–Kier alpha value is -7.20. The number of benzene rings is 2. The van der Waals surface area contributed by atoms with Crippen LogP contribution in [0.3, 0.4) is 0 Å². The number of aliphatic carboxylic acids is 1. The molecular weight excluding hydrogens is 1190 g/mol. The Labute approximate surface area is 531 Å². The predicted octanol–water partition coefficient (Wildman–Crippen LogP) is 9.71. The van der Waals surface area contributed by atoms with E-state index in [4.69, 9.17) is 47.1 Å². The van der Waals surface area contributed by atoms with Crippen LogP contribution in [0.5, 0.6) is 0 Å². The highest BCUT2D eigenvalue weighted by Crippen LogP contribution is 2.48. The summed E-state index contributed by atoms with van der Waals surface area (Å²) in [5, 5.41) is 31.0. The third-order valence-corrected chi connectivity index (χ3v) is 17.5. The van der Waals surface area contributed by atoms with E-state index in [1.807, 2.05) is 42.5 Å². The van der Waals surface area contributed by atoms with Crippen molar-refractivity contribution in [3.63, 3.8) is 0 Å². The number of hydrogen-bond acceptors (Lipinski definition) is 15. The Morgan fingerprint density at radius 2 is 1.04 bits per heavy atom. The molecule has 10 rings (SSSR count). The number of amides is 6. The Morgan fingerprint density at radius 1 is 0.629 bits per heavy atom. The monoisotopic (exact) mass is 1270 g/mol. The number of allylic oxidation sites excluding steroid dienone is 2. The lowest BCUT2D eigenvalue weighted by Gasteiger charge is -2.30. The van der Waals surface area contributed by atoms with Crippen molar-refractivity contribution in [1.29, 1.82) is 0 Å². The molecule has 0 unspecified atom stereocenters. The van der Waals surface area contributed by atoms with Crippen LogP contribution < -0.4 is 21.3 Å². The van der Waals surface area contributed by atoms with E-state index in [0.29, 0.717) is 66.4 Å². The first-order chi connectivity index (χ1) is 41.2. The topological polar surface area (TPSA) is 282 Å². The molecule has 4 fully saturated rings. The third kappa shape index (κ3) is 16.4. The molecule has 10 atom stereocenters. The zero-order valence-corrected chi connectivity index (χ0v) is 51.9. The van der Waals surface area contributed by atoms with Crippen LogP contribution >= 0.6 is 23.2 Å². The Balaban J connectivity index is 0.000000248. The van der Waals surface area contributed by atoms with E-state index in [0.717, 1.165) is 49.7 Å². The highest BCUT2D eigenvalue weighted by Gasteiger charge is 2.65. The van der Waals surface area contributed by atoms with Crippen LogP contribution in [-0.4, -0.2) is 152 Å². The minimum Gasteiger partial charge on any atom is -0.479 e. The van der Waals surface area contributed by atoms with Gasteiger partial charge >= 0.3 is 24.1 Å². The lowest BCUT2D eigenvalue weighted by Crippen LogP contribution is -2.56. The number of nitrogens with one attached hydrogen (secondary N) is 4. The van der Waals surface area contributed by atoms with Gasteiger partial charge in [-0.15, -0.1) is 0 Å². The molecule has 2 aromatic carbocycles. The molecule has 2 saturated carbocycles. The van der Waals surface area contributed by atoms with Crippen LogP contribution in [0.25, 0.3) is 0 Å². The van der Waals surface area contributed by atoms with E-state index >= 15 is 0 Å². The van der Waals surface area contributed by atoms with Gasteiger partial charge in [0.25, 0.3) is 0 Å². The van der Waals surface area contributed by atoms with Crippen molar-refractivity contribution in [2.75, 3.05) is 20.2 Å². The molecule has 2 aliphatic carbocycles. The summed E-state index contributed by atoms with van der Waals surface area (Å²) in [5.74, 6) is -4.10. The van der Waals surface area contributed by atoms with Crippen molar-refractivity contribution in [1.82, 2.24) is 31.1 Å². The number of oxime groups is 2. The number of esters is 1. The number of halogens is 2. The maximum atomic E-state index is 14.3. The molecule has 0 bridgehead atoms. The first kappa shape index (κ1) is 69.3. The van der Waals surface area contributed by atoms with Gasteiger partial charge in [0.2, 0.25) is 23.6 Å². The molecule has 2 aromatic rings. The van der Waals surface area contributed by atoms with Gasteiger partial charge in [0.05, 0.1) is 31.6 Å². The predicted molar refractivity (Wildman–Crippen MR) is 335 cm³/mol.